The summed E-state index contributed by atoms with van der Waals surface area (Å²) in [5.41, 5.74) is 2.30. The Kier molecular flexibility index (Phi) is 7.63. The molecule has 6 heteroatoms. The summed E-state index contributed by atoms with van der Waals surface area (Å²) in [4.78, 5) is 0. The number of benzene rings is 3. The van der Waals surface area contributed by atoms with Gasteiger partial charge in [0.1, 0.15) is 23.6 Å². The van der Waals surface area contributed by atoms with Crippen LogP contribution >= 0.6 is 0 Å². The van der Waals surface area contributed by atoms with Crippen molar-refractivity contribution in [3.05, 3.63) is 107 Å². The molecule has 0 aliphatic heterocycles. The van der Waals surface area contributed by atoms with E-state index in [1.807, 2.05) is 6.92 Å². The molecule has 0 spiro atoms. The van der Waals surface area contributed by atoms with Gasteiger partial charge in [0.15, 0.2) is 0 Å². The molecule has 0 aromatic heterocycles. The van der Waals surface area contributed by atoms with Crippen LogP contribution in [0.5, 0.6) is 0 Å². The van der Waals surface area contributed by atoms with Crippen LogP contribution in [0.3, 0.4) is 0 Å². The van der Waals surface area contributed by atoms with E-state index in [0.29, 0.717) is 11.1 Å². The Morgan fingerprint density at radius 1 is 0.733 bits per heavy atom. The molecule has 0 bridgehead atoms. The number of ether oxygens (including phenoxy) is 1. The first-order valence-electron chi connectivity index (χ1n) is 9.72. The lowest BCUT2D eigenvalue weighted by Crippen LogP contribution is -2.32. The van der Waals surface area contributed by atoms with Crippen molar-refractivity contribution in [3.63, 3.8) is 0 Å². The highest BCUT2D eigenvalue weighted by Crippen LogP contribution is 2.27. The molecule has 0 amide bonds. The molecule has 0 heterocycles. The smallest absolute Gasteiger partial charge is 0.123 e. The van der Waals surface area contributed by atoms with Gasteiger partial charge in [0, 0.05) is 12.6 Å². The summed E-state index contributed by atoms with van der Waals surface area (Å²) >= 11 is 0. The summed E-state index contributed by atoms with van der Waals surface area (Å²) in [6.45, 7) is 2.20. The van der Waals surface area contributed by atoms with Gasteiger partial charge in [0.05, 0.1) is 12.7 Å². The molecule has 158 valence electrons. The Morgan fingerprint density at radius 2 is 1.13 bits per heavy atom. The number of halogens is 3. The average Bonchev–Trinajstić information content (AvgIpc) is 2.75. The first kappa shape index (κ1) is 22.0. The molecule has 30 heavy (non-hydrogen) atoms. The molecule has 0 saturated heterocycles. The molecule has 0 aliphatic carbocycles. The molecule has 2 atom stereocenters. The molecule has 0 saturated carbocycles. The van der Waals surface area contributed by atoms with Gasteiger partial charge in [0.2, 0.25) is 0 Å². The van der Waals surface area contributed by atoms with Crippen molar-refractivity contribution in [2.24, 2.45) is 0 Å². The van der Waals surface area contributed by atoms with E-state index in [2.05, 4.69) is 5.32 Å². The normalized spacial score (nSPS) is 13.4. The highest BCUT2D eigenvalue weighted by atomic mass is 19.1. The molecule has 3 nitrogen and oxygen atoms in total. The van der Waals surface area contributed by atoms with Crippen LogP contribution in [0.1, 0.15) is 35.8 Å². The van der Waals surface area contributed by atoms with Gasteiger partial charge in [-0.1, -0.05) is 36.4 Å². The monoisotopic (exact) mass is 415 g/mol. The third-order valence-corrected chi connectivity index (χ3v) is 4.83. The van der Waals surface area contributed by atoms with Crippen LogP contribution in [0.4, 0.5) is 13.2 Å². The first-order valence-corrected chi connectivity index (χ1v) is 9.72. The lowest BCUT2D eigenvalue weighted by molar-refractivity contribution is 0.00574. The number of hydrogen-bond acceptors (Lipinski definition) is 3. The maximum Gasteiger partial charge on any atom is 0.123 e. The average molecular weight is 415 g/mol. The molecule has 0 radical (unpaired) electrons. The van der Waals surface area contributed by atoms with Crippen LogP contribution in [-0.4, -0.2) is 24.4 Å². The van der Waals surface area contributed by atoms with E-state index in [1.165, 1.54) is 36.4 Å². The second kappa shape index (κ2) is 10.4. The molecule has 2 N–H and O–H groups in total. The maximum absolute atomic E-state index is 13.3. The second-order valence-electron chi connectivity index (χ2n) is 7.15. The third-order valence-electron chi connectivity index (χ3n) is 4.83. The molecule has 0 aliphatic rings. The number of aliphatic hydroxyl groups is 1. The predicted molar refractivity (Wildman–Crippen MR) is 109 cm³/mol. The van der Waals surface area contributed by atoms with Gasteiger partial charge in [0.25, 0.3) is 0 Å². The van der Waals surface area contributed by atoms with Crippen molar-refractivity contribution >= 4 is 0 Å². The van der Waals surface area contributed by atoms with Gasteiger partial charge < -0.3 is 15.2 Å². The fraction of sp³-hybridized carbons (Fsp3) is 0.250. The highest BCUT2D eigenvalue weighted by Gasteiger charge is 2.18. The number of rotatable bonds is 9. The summed E-state index contributed by atoms with van der Waals surface area (Å²) in [6.07, 6.45) is -1.38. The Morgan fingerprint density at radius 3 is 1.57 bits per heavy atom. The van der Waals surface area contributed by atoms with Gasteiger partial charge in [-0.05, 0) is 60.0 Å². The fourth-order valence-corrected chi connectivity index (χ4v) is 3.11. The van der Waals surface area contributed by atoms with E-state index in [0.717, 1.165) is 5.56 Å². The standard InChI is InChI=1S/C24H24F3NO2/c1-16(17-2-8-20(25)9-3-17)28-14-23(29)15-30-24(18-4-10-21(26)11-5-18)19-6-12-22(27)13-7-19/h2-13,16,23-24,28-29H,14-15H2,1H3/t16-,23+/m0/s1. The van der Waals surface area contributed by atoms with Crippen LogP contribution < -0.4 is 5.32 Å². The van der Waals surface area contributed by atoms with E-state index in [4.69, 9.17) is 4.74 Å². The van der Waals surface area contributed by atoms with Crippen LogP contribution in [0.2, 0.25) is 0 Å². The van der Waals surface area contributed by atoms with E-state index in [9.17, 15) is 18.3 Å². The van der Waals surface area contributed by atoms with Crippen molar-refractivity contribution in [1.82, 2.24) is 5.32 Å². The van der Waals surface area contributed by atoms with E-state index < -0.39 is 12.2 Å². The molecule has 0 fully saturated rings. The topological polar surface area (TPSA) is 41.5 Å². The summed E-state index contributed by atoms with van der Waals surface area (Å²) in [5, 5.41) is 13.5. The van der Waals surface area contributed by atoms with Gasteiger partial charge in [-0.2, -0.15) is 0 Å². The third kappa shape index (κ3) is 6.16. The summed E-state index contributed by atoms with van der Waals surface area (Å²) < 4.78 is 45.6. The molecular weight excluding hydrogens is 391 g/mol. The van der Waals surface area contributed by atoms with E-state index in [1.54, 1.807) is 36.4 Å². The minimum atomic E-state index is -0.809. The molecule has 3 rings (SSSR count). The first-order chi connectivity index (χ1) is 14.4. The SMILES string of the molecule is C[C@H](NC[C@@H](O)COC(c1ccc(F)cc1)c1ccc(F)cc1)c1ccc(F)cc1. The fourth-order valence-electron chi connectivity index (χ4n) is 3.11. The van der Waals surface area contributed by atoms with Gasteiger partial charge >= 0.3 is 0 Å². The number of hydrogen-bond donors (Lipinski definition) is 2. The van der Waals surface area contributed by atoms with E-state index in [-0.39, 0.29) is 36.6 Å². The minimum absolute atomic E-state index is 0.0164. The van der Waals surface area contributed by atoms with Crippen molar-refractivity contribution < 1.29 is 23.0 Å². The Balaban J connectivity index is 1.61. The molecule has 3 aromatic carbocycles. The maximum atomic E-state index is 13.3. The van der Waals surface area contributed by atoms with Crippen molar-refractivity contribution in [3.8, 4) is 0 Å². The molecule has 3 aromatic rings. The largest absolute Gasteiger partial charge is 0.389 e. The minimum Gasteiger partial charge on any atom is -0.389 e. The summed E-state index contributed by atoms with van der Waals surface area (Å²) in [6, 6.07) is 17.8. The lowest BCUT2D eigenvalue weighted by atomic mass is 10.0. The van der Waals surface area contributed by atoms with Crippen molar-refractivity contribution in [2.75, 3.05) is 13.2 Å². The van der Waals surface area contributed by atoms with E-state index >= 15 is 0 Å². The van der Waals surface area contributed by atoms with Gasteiger partial charge in [-0.3, -0.25) is 0 Å². The Bertz CT molecular complexity index is 869. The van der Waals surface area contributed by atoms with Gasteiger partial charge in [-0.15, -0.1) is 0 Å². The second-order valence-corrected chi connectivity index (χ2v) is 7.15. The molecular formula is C24H24F3NO2. The Hall–Kier alpha value is -2.67. The zero-order valence-electron chi connectivity index (χ0n) is 16.6. The lowest BCUT2D eigenvalue weighted by Gasteiger charge is -2.22. The zero-order valence-corrected chi connectivity index (χ0v) is 16.6. The zero-order chi connectivity index (χ0) is 21.5. The van der Waals surface area contributed by atoms with Crippen molar-refractivity contribution in [1.29, 1.82) is 0 Å². The Labute approximate surface area is 174 Å². The predicted octanol–water partition coefficient (Wildman–Crippen LogP) is 4.92. The quantitative estimate of drug-likeness (QED) is 0.521. The summed E-state index contributed by atoms with van der Waals surface area (Å²) in [5.74, 6) is -1.03. The number of nitrogens with one attached hydrogen (secondary N) is 1. The van der Waals surface area contributed by atoms with Gasteiger partial charge in [-0.25, -0.2) is 13.2 Å². The van der Waals surface area contributed by atoms with Crippen LogP contribution in [0.15, 0.2) is 72.8 Å². The summed E-state index contributed by atoms with van der Waals surface area (Å²) in [7, 11) is 0. The number of aliphatic hydroxyl groups excluding tert-OH is 1. The van der Waals surface area contributed by atoms with Crippen LogP contribution in [0.25, 0.3) is 0 Å². The van der Waals surface area contributed by atoms with Crippen LogP contribution in [-0.2, 0) is 4.74 Å². The van der Waals surface area contributed by atoms with Crippen LogP contribution in [0, 0.1) is 17.5 Å². The highest BCUT2D eigenvalue weighted by molar-refractivity contribution is 5.30. The van der Waals surface area contributed by atoms with Crippen molar-refractivity contribution in [2.45, 2.75) is 25.2 Å². The molecule has 0 unspecified atom stereocenters.